The van der Waals surface area contributed by atoms with Crippen molar-refractivity contribution in [2.75, 3.05) is 6.61 Å². The molecule has 0 bridgehead atoms. The first-order valence-corrected chi connectivity index (χ1v) is 4.05. The van der Waals surface area contributed by atoms with Crippen molar-refractivity contribution in [1.82, 2.24) is 5.32 Å². The van der Waals surface area contributed by atoms with Crippen LogP contribution in [0.25, 0.3) is 0 Å². The molecule has 1 heterocycles. The summed E-state index contributed by atoms with van der Waals surface area (Å²) in [5.74, 6) is -1.32. The first kappa shape index (κ1) is 8.93. The highest BCUT2D eigenvalue weighted by Gasteiger charge is 2.26. The highest BCUT2D eigenvalue weighted by atomic mass is 19.1. The highest BCUT2D eigenvalue weighted by molar-refractivity contribution is 5.70. The molecule has 0 unspecified atom stereocenters. The van der Waals surface area contributed by atoms with Crippen molar-refractivity contribution in [3.8, 4) is 0 Å². The molecule has 1 fully saturated rings. The van der Waals surface area contributed by atoms with Crippen molar-refractivity contribution in [3.63, 3.8) is 0 Å². The molecule has 14 heavy (non-hydrogen) atoms. The monoisotopic (exact) mass is 199 g/mol. The zero-order chi connectivity index (χ0) is 10.1. The summed E-state index contributed by atoms with van der Waals surface area (Å²) in [4.78, 5) is 10.7. The molecule has 1 aliphatic heterocycles. The predicted molar refractivity (Wildman–Crippen MR) is 43.6 cm³/mol. The lowest BCUT2D eigenvalue weighted by atomic mass is 10.1. The Labute approximate surface area is 78.7 Å². The lowest BCUT2D eigenvalue weighted by molar-refractivity contribution is 0.176. The first-order valence-electron chi connectivity index (χ1n) is 4.05. The average Bonchev–Trinajstić information content (AvgIpc) is 2.51. The van der Waals surface area contributed by atoms with E-state index in [0.717, 1.165) is 12.1 Å². The third kappa shape index (κ3) is 1.53. The number of cyclic esters (lactones) is 1. The van der Waals surface area contributed by atoms with Crippen LogP contribution in [0.2, 0.25) is 0 Å². The Morgan fingerprint density at radius 2 is 2.21 bits per heavy atom. The fourth-order valence-corrected chi connectivity index (χ4v) is 1.34. The molecule has 3 nitrogen and oxygen atoms in total. The SMILES string of the molecule is O=C1N[C@@H](c2ccc(F)cc2F)CO1. The second-order valence-corrected chi connectivity index (χ2v) is 2.96. The van der Waals surface area contributed by atoms with E-state index in [9.17, 15) is 13.6 Å². The Kier molecular flexibility index (Phi) is 2.07. The molecule has 1 aliphatic rings. The third-order valence-corrected chi connectivity index (χ3v) is 2.01. The molecule has 5 heteroatoms. The quantitative estimate of drug-likeness (QED) is 0.748. The molecule has 0 aromatic heterocycles. The van der Waals surface area contributed by atoms with Gasteiger partial charge in [-0.3, -0.25) is 0 Å². The summed E-state index contributed by atoms with van der Waals surface area (Å²) < 4.78 is 30.3. The highest BCUT2D eigenvalue weighted by Crippen LogP contribution is 2.21. The minimum Gasteiger partial charge on any atom is -0.447 e. The topological polar surface area (TPSA) is 38.3 Å². The molecule has 0 spiro atoms. The zero-order valence-electron chi connectivity index (χ0n) is 7.09. The predicted octanol–water partition coefficient (Wildman–Crippen LogP) is 1.75. The van der Waals surface area contributed by atoms with E-state index in [4.69, 9.17) is 0 Å². The van der Waals surface area contributed by atoms with E-state index in [2.05, 4.69) is 10.1 Å². The molecule has 74 valence electrons. The van der Waals surface area contributed by atoms with Crippen molar-refractivity contribution < 1.29 is 18.3 Å². The van der Waals surface area contributed by atoms with Crippen LogP contribution in [0.1, 0.15) is 11.6 Å². The Morgan fingerprint density at radius 1 is 1.43 bits per heavy atom. The van der Waals surface area contributed by atoms with E-state index >= 15 is 0 Å². The van der Waals surface area contributed by atoms with Gasteiger partial charge in [-0.15, -0.1) is 0 Å². The zero-order valence-corrected chi connectivity index (χ0v) is 7.09. The van der Waals surface area contributed by atoms with E-state index in [0.29, 0.717) is 0 Å². The Morgan fingerprint density at radius 3 is 2.79 bits per heavy atom. The maximum Gasteiger partial charge on any atom is 0.407 e. The van der Waals surface area contributed by atoms with Gasteiger partial charge in [-0.05, 0) is 6.07 Å². The van der Waals surface area contributed by atoms with Gasteiger partial charge in [-0.25, -0.2) is 13.6 Å². The molecular formula is C9H7F2NO2. The van der Waals surface area contributed by atoms with E-state index in [-0.39, 0.29) is 12.2 Å². The normalized spacial score (nSPS) is 20.4. The number of rotatable bonds is 1. The van der Waals surface area contributed by atoms with E-state index in [1.54, 1.807) is 0 Å². The van der Waals surface area contributed by atoms with Crippen molar-refractivity contribution >= 4 is 6.09 Å². The lowest BCUT2D eigenvalue weighted by Crippen LogP contribution is -2.19. The summed E-state index contributed by atoms with van der Waals surface area (Å²) >= 11 is 0. The smallest absolute Gasteiger partial charge is 0.407 e. The minimum absolute atomic E-state index is 0.0708. The lowest BCUT2D eigenvalue weighted by Gasteiger charge is -2.08. The van der Waals surface area contributed by atoms with Crippen molar-refractivity contribution in [2.24, 2.45) is 0 Å². The van der Waals surface area contributed by atoms with Crippen LogP contribution in [0.5, 0.6) is 0 Å². The van der Waals surface area contributed by atoms with Gasteiger partial charge >= 0.3 is 6.09 Å². The van der Waals surface area contributed by atoms with E-state index < -0.39 is 23.8 Å². The average molecular weight is 199 g/mol. The van der Waals surface area contributed by atoms with E-state index in [1.807, 2.05) is 0 Å². The van der Waals surface area contributed by atoms with Crippen molar-refractivity contribution in [1.29, 1.82) is 0 Å². The molecule has 2 rings (SSSR count). The van der Waals surface area contributed by atoms with Gasteiger partial charge in [-0.1, -0.05) is 6.07 Å². The Balaban J connectivity index is 2.28. The van der Waals surface area contributed by atoms with Crippen LogP contribution in [0, 0.1) is 11.6 Å². The summed E-state index contributed by atoms with van der Waals surface area (Å²) in [5.41, 5.74) is 0.234. The van der Waals surface area contributed by atoms with Crippen molar-refractivity contribution in [2.45, 2.75) is 6.04 Å². The number of carbonyl (C=O) groups excluding carboxylic acids is 1. The number of carbonyl (C=O) groups is 1. The molecule has 1 N–H and O–H groups in total. The third-order valence-electron chi connectivity index (χ3n) is 2.01. The van der Waals surface area contributed by atoms with Crippen LogP contribution in [0.4, 0.5) is 13.6 Å². The number of ether oxygens (including phenoxy) is 1. The fraction of sp³-hybridized carbons (Fsp3) is 0.222. The maximum absolute atomic E-state index is 13.2. The summed E-state index contributed by atoms with van der Waals surface area (Å²) in [7, 11) is 0. The van der Waals surface area contributed by atoms with Gasteiger partial charge in [0.2, 0.25) is 0 Å². The first-order chi connectivity index (χ1) is 6.66. The number of nitrogens with one attached hydrogen (secondary N) is 1. The van der Waals surface area contributed by atoms with Gasteiger partial charge in [-0.2, -0.15) is 0 Å². The fourth-order valence-electron chi connectivity index (χ4n) is 1.34. The molecule has 0 aliphatic carbocycles. The molecule has 0 radical (unpaired) electrons. The van der Waals surface area contributed by atoms with Crippen LogP contribution in [0.15, 0.2) is 18.2 Å². The number of benzene rings is 1. The molecule has 1 saturated heterocycles. The molecular weight excluding hydrogens is 192 g/mol. The summed E-state index contributed by atoms with van der Waals surface area (Å²) in [6.45, 7) is 0.0708. The van der Waals surface area contributed by atoms with Crippen LogP contribution < -0.4 is 5.32 Å². The molecule has 1 atom stereocenters. The largest absolute Gasteiger partial charge is 0.447 e. The number of alkyl carbamates (subject to hydrolysis) is 1. The maximum atomic E-state index is 13.2. The number of hydrogen-bond donors (Lipinski definition) is 1. The van der Waals surface area contributed by atoms with Gasteiger partial charge in [0.1, 0.15) is 18.2 Å². The van der Waals surface area contributed by atoms with Crippen LogP contribution in [-0.2, 0) is 4.74 Å². The number of halogens is 2. The Hall–Kier alpha value is -1.65. The minimum atomic E-state index is -0.680. The standard InChI is InChI=1S/C9H7F2NO2/c10-5-1-2-6(7(11)3-5)8-4-14-9(13)12-8/h1-3,8H,4H2,(H,12,13)/t8-/m1/s1. The van der Waals surface area contributed by atoms with Gasteiger partial charge < -0.3 is 10.1 Å². The number of amides is 1. The molecule has 1 aromatic rings. The van der Waals surface area contributed by atoms with E-state index in [1.165, 1.54) is 6.07 Å². The second kappa shape index (κ2) is 3.25. The van der Waals surface area contributed by atoms with Gasteiger partial charge in [0.05, 0.1) is 6.04 Å². The van der Waals surface area contributed by atoms with Crippen LogP contribution in [-0.4, -0.2) is 12.7 Å². The summed E-state index contributed by atoms with van der Waals surface area (Å²) in [6, 6.07) is 2.69. The van der Waals surface area contributed by atoms with Crippen LogP contribution >= 0.6 is 0 Å². The van der Waals surface area contributed by atoms with Gasteiger partial charge in [0, 0.05) is 11.6 Å². The van der Waals surface area contributed by atoms with Crippen molar-refractivity contribution in [3.05, 3.63) is 35.4 Å². The molecule has 1 aromatic carbocycles. The van der Waals surface area contributed by atoms with Gasteiger partial charge in [0.15, 0.2) is 0 Å². The number of hydrogen-bond acceptors (Lipinski definition) is 2. The van der Waals surface area contributed by atoms with Crippen LogP contribution in [0.3, 0.4) is 0 Å². The second-order valence-electron chi connectivity index (χ2n) is 2.96. The van der Waals surface area contributed by atoms with Gasteiger partial charge in [0.25, 0.3) is 0 Å². The molecule has 0 saturated carbocycles. The Bertz CT molecular complexity index is 381. The summed E-state index contributed by atoms with van der Waals surface area (Å²) in [5, 5.41) is 2.41. The summed E-state index contributed by atoms with van der Waals surface area (Å²) in [6.07, 6.45) is -0.585. The molecule has 1 amide bonds.